The summed E-state index contributed by atoms with van der Waals surface area (Å²) >= 11 is 0. The van der Waals surface area contributed by atoms with Crippen LogP contribution in [0.2, 0.25) is 6.04 Å². The van der Waals surface area contributed by atoms with Crippen LogP contribution in [0, 0.1) is 5.41 Å². The van der Waals surface area contributed by atoms with Gasteiger partial charge in [0, 0.05) is 26.2 Å². The Kier molecular flexibility index (Phi) is 6.66. The Morgan fingerprint density at radius 1 is 1.10 bits per heavy atom. The standard InChI is InChI=1S/C15H32O4Si/c1-7-11-19-15(9-3,14(8-2)12-18-13-14)20(10-4,16-5)17-6/h7-13H2,1-6H3. The van der Waals surface area contributed by atoms with E-state index in [-0.39, 0.29) is 10.6 Å². The molecule has 0 aliphatic carbocycles. The minimum absolute atomic E-state index is 0.0329. The van der Waals surface area contributed by atoms with E-state index in [0.29, 0.717) is 0 Å². The lowest BCUT2D eigenvalue weighted by molar-refractivity contribution is -0.225. The molecule has 1 heterocycles. The quantitative estimate of drug-likeness (QED) is 0.580. The first-order chi connectivity index (χ1) is 9.57. The van der Waals surface area contributed by atoms with Gasteiger partial charge in [0.15, 0.2) is 0 Å². The summed E-state index contributed by atoms with van der Waals surface area (Å²) in [5.41, 5.74) is 0.0329. The molecule has 1 saturated heterocycles. The lowest BCUT2D eigenvalue weighted by Gasteiger charge is -2.59. The third-order valence-electron chi connectivity index (χ3n) is 5.08. The predicted molar refractivity (Wildman–Crippen MR) is 83.1 cm³/mol. The van der Waals surface area contributed by atoms with Gasteiger partial charge in [0.05, 0.1) is 13.2 Å². The summed E-state index contributed by atoms with van der Waals surface area (Å²) in [5, 5.41) is -0.332. The molecule has 0 bridgehead atoms. The smallest absolute Gasteiger partial charge is 0.371 e. The maximum absolute atomic E-state index is 6.50. The highest BCUT2D eigenvalue weighted by Crippen LogP contribution is 2.52. The molecule has 1 unspecified atom stereocenters. The van der Waals surface area contributed by atoms with E-state index in [4.69, 9.17) is 18.3 Å². The van der Waals surface area contributed by atoms with E-state index in [0.717, 1.165) is 45.1 Å². The summed E-state index contributed by atoms with van der Waals surface area (Å²) in [6.45, 7) is 11.0. The van der Waals surface area contributed by atoms with Crippen molar-refractivity contribution in [1.82, 2.24) is 0 Å². The molecule has 1 atom stereocenters. The molecule has 5 heteroatoms. The summed E-state index contributed by atoms with van der Waals surface area (Å²) in [6.07, 6.45) is 2.95. The first-order valence-corrected chi connectivity index (χ1v) is 9.91. The van der Waals surface area contributed by atoms with Crippen LogP contribution in [0.15, 0.2) is 0 Å². The number of rotatable bonds is 10. The summed E-state index contributed by atoms with van der Waals surface area (Å²) in [6, 6.07) is 0.888. The average molecular weight is 305 g/mol. The number of hydrogen-bond acceptors (Lipinski definition) is 4. The van der Waals surface area contributed by atoms with E-state index in [9.17, 15) is 0 Å². The van der Waals surface area contributed by atoms with Gasteiger partial charge in [0.2, 0.25) is 0 Å². The van der Waals surface area contributed by atoms with Crippen LogP contribution in [0.25, 0.3) is 0 Å². The fourth-order valence-corrected chi connectivity index (χ4v) is 7.71. The van der Waals surface area contributed by atoms with Gasteiger partial charge >= 0.3 is 8.56 Å². The third-order valence-corrected chi connectivity index (χ3v) is 9.59. The Morgan fingerprint density at radius 3 is 1.95 bits per heavy atom. The maximum atomic E-state index is 6.50. The molecule has 1 aliphatic heterocycles. The number of hydrogen-bond donors (Lipinski definition) is 0. The molecule has 0 amide bonds. The van der Waals surface area contributed by atoms with Crippen LogP contribution in [0.1, 0.15) is 47.0 Å². The molecule has 0 aromatic rings. The molecule has 0 saturated carbocycles. The molecule has 1 fully saturated rings. The van der Waals surface area contributed by atoms with E-state index in [1.165, 1.54) is 0 Å². The van der Waals surface area contributed by atoms with E-state index in [1.54, 1.807) is 14.2 Å². The molecule has 0 aromatic heterocycles. The SMILES string of the molecule is CCCOC(CC)(C1(CC)COC1)[Si](CC)(OC)OC. The van der Waals surface area contributed by atoms with Crippen molar-refractivity contribution in [2.45, 2.75) is 58.2 Å². The Hall–Kier alpha value is 0.0569. The second-order valence-electron chi connectivity index (χ2n) is 5.67. The summed E-state index contributed by atoms with van der Waals surface area (Å²) < 4.78 is 24.1. The Labute approximate surface area is 125 Å². The van der Waals surface area contributed by atoms with Crippen LogP contribution in [0.4, 0.5) is 0 Å². The van der Waals surface area contributed by atoms with Crippen LogP contribution in [-0.2, 0) is 18.3 Å². The summed E-state index contributed by atoms with van der Waals surface area (Å²) in [4.78, 5) is 0. The topological polar surface area (TPSA) is 36.9 Å². The Balaban J connectivity index is 3.29. The van der Waals surface area contributed by atoms with E-state index < -0.39 is 8.56 Å². The van der Waals surface area contributed by atoms with Gasteiger partial charge < -0.3 is 18.3 Å². The molecule has 1 rings (SSSR count). The minimum atomic E-state index is -2.46. The molecule has 20 heavy (non-hydrogen) atoms. The molecule has 0 spiro atoms. The third kappa shape index (κ3) is 2.48. The summed E-state index contributed by atoms with van der Waals surface area (Å²) in [7, 11) is 1.10. The first kappa shape index (κ1) is 18.1. The van der Waals surface area contributed by atoms with Gasteiger partial charge in [-0.05, 0) is 25.3 Å². The van der Waals surface area contributed by atoms with Crippen molar-refractivity contribution >= 4 is 8.56 Å². The van der Waals surface area contributed by atoms with Crippen molar-refractivity contribution in [2.75, 3.05) is 34.0 Å². The molecular weight excluding hydrogens is 272 g/mol. The second-order valence-corrected chi connectivity index (χ2v) is 9.51. The Morgan fingerprint density at radius 2 is 1.70 bits per heavy atom. The molecule has 4 nitrogen and oxygen atoms in total. The van der Waals surface area contributed by atoms with E-state index in [2.05, 4.69) is 27.7 Å². The van der Waals surface area contributed by atoms with Gasteiger partial charge in [-0.2, -0.15) is 0 Å². The fourth-order valence-electron chi connectivity index (χ4n) is 3.75. The highest BCUT2D eigenvalue weighted by molar-refractivity contribution is 6.70. The van der Waals surface area contributed by atoms with Gasteiger partial charge in [-0.1, -0.05) is 27.7 Å². The molecule has 1 aliphatic rings. The van der Waals surface area contributed by atoms with Gasteiger partial charge in [-0.25, -0.2) is 0 Å². The van der Waals surface area contributed by atoms with Crippen molar-refractivity contribution in [1.29, 1.82) is 0 Å². The van der Waals surface area contributed by atoms with Crippen molar-refractivity contribution in [3.05, 3.63) is 0 Å². The van der Waals surface area contributed by atoms with Crippen molar-refractivity contribution in [3.8, 4) is 0 Å². The zero-order valence-corrected chi connectivity index (χ0v) is 15.1. The van der Waals surface area contributed by atoms with Crippen molar-refractivity contribution < 1.29 is 18.3 Å². The molecular formula is C15H32O4Si. The van der Waals surface area contributed by atoms with Gasteiger partial charge in [0.25, 0.3) is 0 Å². The zero-order valence-electron chi connectivity index (χ0n) is 14.1. The number of ether oxygens (including phenoxy) is 2. The zero-order chi connectivity index (χ0) is 15.3. The normalized spacial score (nSPS) is 21.3. The molecule has 0 N–H and O–H groups in total. The van der Waals surface area contributed by atoms with Crippen LogP contribution >= 0.6 is 0 Å². The van der Waals surface area contributed by atoms with Gasteiger partial charge in [0.1, 0.15) is 5.22 Å². The predicted octanol–water partition coefficient (Wildman–Crippen LogP) is 3.28. The maximum Gasteiger partial charge on any atom is 0.371 e. The van der Waals surface area contributed by atoms with Crippen LogP contribution in [0.5, 0.6) is 0 Å². The van der Waals surface area contributed by atoms with Crippen LogP contribution < -0.4 is 0 Å². The first-order valence-electron chi connectivity index (χ1n) is 7.89. The minimum Gasteiger partial charge on any atom is -0.396 e. The van der Waals surface area contributed by atoms with E-state index >= 15 is 0 Å². The monoisotopic (exact) mass is 304 g/mol. The lowest BCUT2D eigenvalue weighted by atomic mass is 9.75. The van der Waals surface area contributed by atoms with Gasteiger partial charge in [-0.3, -0.25) is 0 Å². The molecule has 0 radical (unpaired) electrons. The van der Waals surface area contributed by atoms with Gasteiger partial charge in [-0.15, -0.1) is 0 Å². The largest absolute Gasteiger partial charge is 0.396 e. The van der Waals surface area contributed by atoms with Crippen LogP contribution in [-0.4, -0.2) is 47.8 Å². The van der Waals surface area contributed by atoms with Crippen molar-refractivity contribution in [3.63, 3.8) is 0 Å². The lowest BCUT2D eigenvalue weighted by Crippen LogP contribution is -2.75. The highest BCUT2D eigenvalue weighted by atomic mass is 28.4. The molecule has 120 valence electrons. The summed E-state index contributed by atoms with van der Waals surface area (Å²) in [5.74, 6) is 0. The average Bonchev–Trinajstić information content (AvgIpc) is 2.45. The molecule has 0 aromatic carbocycles. The second kappa shape index (κ2) is 7.36. The van der Waals surface area contributed by atoms with Crippen LogP contribution in [0.3, 0.4) is 0 Å². The fraction of sp³-hybridized carbons (Fsp3) is 1.00. The highest BCUT2D eigenvalue weighted by Gasteiger charge is 2.68. The van der Waals surface area contributed by atoms with Crippen molar-refractivity contribution in [2.24, 2.45) is 5.41 Å². The van der Waals surface area contributed by atoms with E-state index in [1.807, 2.05) is 0 Å². The Bertz CT molecular complexity index is 276.